The van der Waals surface area contributed by atoms with Gasteiger partial charge >= 0.3 is 0 Å². The second kappa shape index (κ2) is 9.37. The van der Waals surface area contributed by atoms with Crippen LogP contribution in [0.25, 0.3) is 17.1 Å². The molecular formula is C21H23N5O5S. The number of carbonyl (C=O) groups is 2. The summed E-state index contributed by atoms with van der Waals surface area (Å²) in [6.07, 6.45) is 7.58. The van der Waals surface area contributed by atoms with Crippen LogP contribution in [0.1, 0.15) is 12.2 Å². The van der Waals surface area contributed by atoms with Crippen molar-refractivity contribution in [2.75, 3.05) is 32.7 Å². The van der Waals surface area contributed by atoms with Gasteiger partial charge in [0, 0.05) is 63.0 Å². The van der Waals surface area contributed by atoms with Crippen molar-refractivity contribution < 1.29 is 22.4 Å². The van der Waals surface area contributed by atoms with Crippen LogP contribution in [0.3, 0.4) is 0 Å². The standard InChI is InChI=1S/C21H23N5O5S/c27-19(6-5-16-3-2-14-31-16)22-9-7-20(28)25-10-12-26(13-11-25)32(29,30)18-15-24-21-17(18)4-1-8-23-21/h1-6,8,14-15H,7,9-13H2,(H,22,27)(H,23,24)/b6-5+. The average Bonchev–Trinajstić information content (AvgIpc) is 3.48. The van der Waals surface area contributed by atoms with Gasteiger partial charge in [-0.25, -0.2) is 13.4 Å². The number of nitrogens with zero attached hydrogens (tertiary/aromatic N) is 3. The zero-order valence-corrected chi connectivity index (χ0v) is 18.0. The number of rotatable bonds is 7. The number of amides is 2. The Balaban J connectivity index is 1.26. The Bertz CT molecular complexity index is 1220. The van der Waals surface area contributed by atoms with Crippen LogP contribution in [0.5, 0.6) is 0 Å². The van der Waals surface area contributed by atoms with Gasteiger partial charge in [0.05, 0.1) is 6.26 Å². The van der Waals surface area contributed by atoms with E-state index in [0.29, 0.717) is 29.9 Å². The molecule has 0 unspecified atom stereocenters. The molecule has 0 saturated carbocycles. The molecule has 3 aromatic rings. The summed E-state index contributed by atoms with van der Waals surface area (Å²) in [5.41, 5.74) is 0.515. The first-order valence-corrected chi connectivity index (χ1v) is 11.6. The summed E-state index contributed by atoms with van der Waals surface area (Å²) in [6, 6.07) is 6.85. The molecular weight excluding hydrogens is 434 g/mol. The van der Waals surface area contributed by atoms with E-state index in [9.17, 15) is 18.0 Å². The summed E-state index contributed by atoms with van der Waals surface area (Å²) in [7, 11) is -3.70. The fourth-order valence-electron chi connectivity index (χ4n) is 3.51. The summed E-state index contributed by atoms with van der Waals surface area (Å²) in [6.45, 7) is 1.20. The molecule has 1 fully saturated rings. The average molecular weight is 458 g/mol. The van der Waals surface area contributed by atoms with Gasteiger partial charge in [-0.05, 0) is 30.3 Å². The summed E-state index contributed by atoms with van der Waals surface area (Å²) in [5.74, 6) is 0.111. The van der Waals surface area contributed by atoms with Crippen molar-refractivity contribution in [2.45, 2.75) is 11.3 Å². The molecule has 4 rings (SSSR count). The van der Waals surface area contributed by atoms with Crippen LogP contribution in [0.15, 0.2) is 58.3 Å². The predicted molar refractivity (Wildman–Crippen MR) is 117 cm³/mol. The van der Waals surface area contributed by atoms with Crippen LogP contribution in [-0.4, -0.2) is 72.1 Å². The molecule has 2 N–H and O–H groups in total. The number of nitrogens with one attached hydrogen (secondary N) is 2. The first kappa shape index (κ1) is 21.8. The number of hydrogen-bond acceptors (Lipinski definition) is 6. The van der Waals surface area contributed by atoms with Gasteiger partial charge in [-0.2, -0.15) is 4.31 Å². The quantitative estimate of drug-likeness (QED) is 0.513. The van der Waals surface area contributed by atoms with E-state index in [1.54, 1.807) is 41.4 Å². The smallest absolute Gasteiger partial charge is 0.245 e. The molecule has 3 aromatic heterocycles. The van der Waals surface area contributed by atoms with E-state index in [2.05, 4.69) is 15.3 Å². The van der Waals surface area contributed by atoms with Crippen LogP contribution < -0.4 is 5.32 Å². The van der Waals surface area contributed by atoms with Crippen molar-refractivity contribution in [1.29, 1.82) is 0 Å². The Morgan fingerprint density at radius 3 is 2.75 bits per heavy atom. The molecule has 1 saturated heterocycles. The monoisotopic (exact) mass is 457 g/mol. The summed E-state index contributed by atoms with van der Waals surface area (Å²) in [4.78, 5) is 33.1. The molecule has 2 amide bonds. The van der Waals surface area contributed by atoms with E-state index in [0.717, 1.165) is 0 Å². The lowest BCUT2D eigenvalue weighted by atomic mass is 10.3. The molecule has 168 valence electrons. The number of aromatic nitrogens is 2. The number of fused-ring (bicyclic) bond motifs is 1. The number of H-pyrrole nitrogens is 1. The molecule has 32 heavy (non-hydrogen) atoms. The Morgan fingerprint density at radius 2 is 2.00 bits per heavy atom. The molecule has 11 heteroatoms. The molecule has 1 aliphatic rings. The Morgan fingerprint density at radius 1 is 1.19 bits per heavy atom. The van der Waals surface area contributed by atoms with Gasteiger partial charge in [0.2, 0.25) is 21.8 Å². The van der Waals surface area contributed by atoms with Crippen molar-refractivity contribution in [3.8, 4) is 0 Å². The highest BCUT2D eigenvalue weighted by atomic mass is 32.2. The zero-order chi connectivity index (χ0) is 22.6. The Labute approximate surface area is 185 Å². The summed E-state index contributed by atoms with van der Waals surface area (Å²) < 4.78 is 32.6. The topological polar surface area (TPSA) is 129 Å². The van der Waals surface area contributed by atoms with E-state index in [-0.39, 0.29) is 42.8 Å². The number of aromatic amines is 1. The van der Waals surface area contributed by atoms with Gasteiger partial charge in [-0.1, -0.05) is 0 Å². The third-order valence-corrected chi connectivity index (χ3v) is 7.14. The molecule has 0 atom stereocenters. The second-order valence-electron chi connectivity index (χ2n) is 7.23. The molecule has 0 aromatic carbocycles. The van der Waals surface area contributed by atoms with Crippen molar-refractivity contribution in [1.82, 2.24) is 24.5 Å². The summed E-state index contributed by atoms with van der Waals surface area (Å²) >= 11 is 0. The molecule has 0 bridgehead atoms. The van der Waals surface area contributed by atoms with Crippen molar-refractivity contribution >= 4 is 38.9 Å². The van der Waals surface area contributed by atoms with E-state index in [4.69, 9.17) is 4.42 Å². The maximum absolute atomic E-state index is 13.0. The van der Waals surface area contributed by atoms with Gasteiger partial charge in [-0.15, -0.1) is 0 Å². The number of sulfonamides is 1. The van der Waals surface area contributed by atoms with Crippen molar-refractivity contribution in [3.63, 3.8) is 0 Å². The second-order valence-corrected chi connectivity index (χ2v) is 9.13. The molecule has 0 aliphatic carbocycles. The van der Waals surface area contributed by atoms with Gasteiger partial charge in [-0.3, -0.25) is 9.59 Å². The molecule has 4 heterocycles. The van der Waals surface area contributed by atoms with Crippen LogP contribution in [0, 0.1) is 0 Å². The SMILES string of the molecule is O=C(/C=C/c1ccco1)NCCC(=O)N1CCN(S(=O)(=O)c2c[nH]c3ncccc23)CC1. The van der Waals surface area contributed by atoms with E-state index >= 15 is 0 Å². The van der Waals surface area contributed by atoms with E-state index in [1.807, 2.05) is 0 Å². The third kappa shape index (κ3) is 4.73. The van der Waals surface area contributed by atoms with Crippen molar-refractivity contribution in [3.05, 3.63) is 54.8 Å². The van der Waals surface area contributed by atoms with Crippen LogP contribution >= 0.6 is 0 Å². The molecule has 10 nitrogen and oxygen atoms in total. The van der Waals surface area contributed by atoms with E-state index < -0.39 is 10.0 Å². The fourth-order valence-corrected chi connectivity index (χ4v) is 5.09. The predicted octanol–water partition coefficient (Wildman–Crippen LogP) is 1.21. The first-order valence-electron chi connectivity index (χ1n) is 10.1. The lowest BCUT2D eigenvalue weighted by Crippen LogP contribution is -2.50. The highest BCUT2D eigenvalue weighted by molar-refractivity contribution is 7.89. The minimum absolute atomic E-state index is 0.131. The number of carbonyl (C=O) groups excluding carboxylic acids is 2. The van der Waals surface area contributed by atoms with Gasteiger partial charge in [0.1, 0.15) is 16.3 Å². The maximum Gasteiger partial charge on any atom is 0.245 e. The largest absolute Gasteiger partial charge is 0.465 e. The lowest BCUT2D eigenvalue weighted by molar-refractivity contribution is -0.132. The fraction of sp³-hybridized carbons (Fsp3) is 0.286. The molecule has 1 aliphatic heterocycles. The number of piperazine rings is 1. The Kier molecular flexibility index (Phi) is 6.37. The van der Waals surface area contributed by atoms with Gasteiger partial charge in [0.15, 0.2) is 0 Å². The van der Waals surface area contributed by atoms with Crippen molar-refractivity contribution in [2.24, 2.45) is 0 Å². The van der Waals surface area contributed by atoms with Crippen LogP contribution in [0.2, 0.25) is 0 Å². The molecule has 0 radical (unpaired) electrons. The highest BCUT2D eigenvalue weighted by Gasteiger charge is 2.31. The van der Waals surface area contributed by atoms with E-state index in [1.165, 1.54) is 22.8 Å². The van der Waals surface area contributed by atoms with Crippen LogP contribution in [-0.2, 0) is 19.6 Å². The zero-order valence-electron chi connectivity index (χ0n) is 17.2. The van der Waals surface area contributed by atoms with Crippen LogP contribution in [0.4, 0.5) is 0 Å². The first-order chi connectivity index (χ1) is 15.4. The Hall–Kier alpha value is -3.44. The molecule has 0 spiro atoms. The highest BCUT2D eigenvalue weighted by Crippen LogP contribution is 2.25. The normalized spacial score (nSPS) is 15.4. The lowest BCUT2D eigenvalue weighted by Gasteiger charge is -2.34. The van der Waals surface area contributed by atoms with Gasteiger partial charge < -0.3 is 19.6 Å². The maximum atomic E-state index is 13.0. The summed E-state index contributed by atoms with van der Waals surface area (Å²) in [5, 5.41) is 3.20. The number of hydrogen-bond donors (Lipinski definition) is 2. The number of pyridine rings is 1. The number of furan rings is 1. The van der Waals surface area contributed by atoms with Gasteiger partial charge in [0.25, 0.3) is 0 Å². The third-order valence-electron chi connectivity index (χ3n) is 5.20. The minimum Gasteiger partial charge on any atom is -0.465 e. The minimum atomic E-state index is -3.70.